The van der Waals surface area contributed by atoms with Gasteiger partial charge in [0.25, 0.3) is 0 Å². The number of nitrogens with one attached hydrogen (secondary N) is 1. The van der Waals surface area contributed by atoms with E-state index in [2.05, 4.69) is 29.6 Å². The molecule has 0 radical (unpaired) electrons. The summed E-state index contributed by atoms with van der Waals surface area (Å²) in [6, 6.07) is 16.4. The Hall–Kier alpha value is -3.35. The number of fused-ring (bicyclic) bond motifs is 3. The van der Waals surface area contributed by atoms with Crippen molar-refractivity contribution in [3.8, 4) is 11.1 Å². The summed E-state index contributed by atoms with van der Waals surface area (Å²) in [6.07, 6.45) is 3.07. The zero-order valence-corrected chi connectivity index (χ0v) is 20.2. The van der Waals surface area contributed by atoms with Crippen molar-refractivity contribution in [2.24, 2.45) is 11.8 Å². The molecule has 2 aliphatic rings. The zero-order valence-electron chi connectivity index (χ0n) is 20.2. The van der Waals surface area contributed by atoms with Crippen molar-refractivity contribution < 1.29 is 24.2 Å². The first-order chi connectivity index (χ1) is 17.0. The van der Waals surface area contributed by atoms with Crippen LogP contribution in [0.25, 0.3) is 11.1 Å². The highest BCUT2D eigenvalue weighted by molar-refractivity contribution is 5.80. The Kier molecular flexibility index (Phi) is 8.06. The van der Waals surface area contributed by atoms with E-state index in [1.165, 1.54) is 22.3 Å². The highest BCUT2D eigenvalue weighted by Crippen LogP contribution is 2.44. The van der Waals surface area contributed by atoms with Gasteiger partial charge in [-0.05, 0) is 47.9 Å². The average molecular weight is 479 g/mol. The van der Waals surface area contributed by atoms with Crippen LogP contribution in [-0.4, -0.2) is 54.2 Å². The van der Waals surface area contributed by atoms with Crippen LogP contribution >= 0.6 is 0 Å². The lowest BCUT2D eigenvalue weighted by molar-refractivity contribution is -0.141. The predicted molar refractivity (Wildman–Crippen MR) is 133 cm³/mol. The highest BCUT2D eigenvalue weighted by atomic mass is 16.5. The summed E-state index contributed by atoms with van der Waals surface area (Å²) < 4.78 is 5.65. The van der Waals surface area contributed by atoms with E-state index in [1.54, 1.807) is 4.90 Å². The smallest absolute Gasteiger partial charge is 0.407 e. The fourth-order valence-electron chi connectivity index (χ4n) is 5.53. The van der Waals surface area contributed by atoms with Crippen molar-refractivity contribution in [3.63, 3.8) is 0 Å². The van der Waals surface area contributed by atoms with Crippen molar-refractivity contribution in [1.82, 2.24) is 10.2 Å². The second-order valence-corrected chi connectivity index (χ2v) is 9.42. The molecule has 2 N–H and O–H groups in total. The van der Waals surface area contributed by atoms with Gasteiger partial charge in [-0.25, -0.2) is 4.79 Å². The quantitative estimate of drug-likeness (QED) is 0.547. The maximum absolute atomic E-state index is 13.1. The Morgan fingerprint density at radius 2 is 1.63 bits per heavy atom. The van der Waals surface area contributed by atoms with Crippen LogP contribution in [0.2, 0.25) is 0 Å². The molecule has 7 heteroatoms. The fourth-order valence-corrected chi connectivity index (χ4v) is 5.53. The maximum atomic E-state index is 13.1. The number of carbonyl (C=O) groups is 3. The van der Waals surface area contributed by atoms with Gasteiger partial charge in [-0.1, -0.05) is 61.4 Å². The number of ether oxygens (including phenoxy) is 1. The summed E-state index contributed by atoms with van der Waals surface area (Å²) in [6.45, 7) is 3.20. The number of nitrogens with zero attached hydrogens (tertiary/aromatic N) is 1. The normalized spacial score (nSPS) is 18.9. The third-order valence-corrected chi connectivity index (χ3v) is 7.37. The van der Waals surface area contributed by atoms with Crippen LogP contribution in [0.15, 0.2) is 48.5 Å². The summed E-state index contributed by atoms with van der Waals surface area (Å²) in [4.78, 5) is 38.3. The molecule has 2 aromatic carbocycles. The van der Waals surface area contributed by atoms with E-state index in [-0.39, 0.29) is 43.2 Å². The summed E-state index contributed by atoms with van der Waals surface area (Å²) in [5.74, 6) is -1.09. The van der Waals surface area contributed by atoms with E-state index in [0.717, 1.165) is 25.7 Å². The highest BCUT2D eigenvalue weighted by Gasteiger charge is 2.34. The van der Waals surface area contributed by atoms with Crippen LogP contribution in [0.5, 0.6) is 0 Å². The predicted octanol–water partition coefficient (Wildman–Crippen LogP) is 4.65. The molecular formula is C28H34N2O5. The number of benzene rings is 2. The van der Waals surface area contributed by atoms with Gasteiger partial charge in [-0.3, -0.25) is 9.59 Å². The Morgan fingerprint density at radius 3 is 2.26 bits per heavy atom. The molecule has 35 heavy (non-hydrogen) atoms. The van der Waals surface area contributed by atoms with Crippen LogP contribution in [0.4, 0.5) is 4.79 Å². The van der Waals surface area contributed by atoms with E-state index in [0.29, 0.717) is 13.1 Å². The van der Waals surface area contributed by atoms with Crippen molar-refractivity contribution in [3.05, 3.63) is 59.7 Å². The monoisotopic (exact) mass is 478 g/mol. The van der Waals surface area contributed by atoms with Gasteiger partial charge in [0, 0.05) is 31.5 Å². The van der Waals surface area contributed by atoms with Gasteiger partial charge in [-0.15, -0.1) is 0 Å². The van der Waals surface area contributed by atoms with E-state index in [9.17, 15) is 14.4 Å². The van der Waals surface area contributed by atoms with Gasteiger partial charge in [0.1, 0.15) is 6.61 Å². The molecule has 2 atom stereocenters. The Bertz CT molecular complexity index is 1020. The summed E-state index contributed by atoms with van der Waals surface area (Å²) in [5.41, 5.74) is 4.70. The van der Waals surface area contributed by atoms with E-state index in [4.69, 9.17) is 9.84 Å². The lowest BCUT2D eigenvalue weighted by Crippen LogP contribution is -2.44. The van der Waals surface area contributed by atoms with E-state index < -0.39 is 12.1 Å². The zero-order chi connectivity index (χ0) is 24.8. The molecule has 2 unspecified atom stereocenters. The molecule has 0 heterocycles. The Labute approximate surface area is 206 Å². The van der Waals surface area contributed by atoms with Crippen LogP contribution in [0, 0.1) is 11.8 Å². The molecule has 0 aromatic heterocycles. The second kappa shape index (κ2) is 11.4. The lowest BCUT2D eigenvalue weighted by atomic mass is 9.78. The number of rotatable bonds is 9. The van der Waals surface area contributed by atoms with Gasteiger partial charge in [0.2, 0.25) is 5.91 Å². The minimum Gasteiger partial charge on any atom is -0.481 e. The van der Waals surface area contributed by atoms with Crippen LogP contribution < -0.4 is 5.32 Å². The van der Waals surface area contributed by atoms with Gasteiger partial charge < -0.3 is 20.1 Å². The number of aliphatic carboxylic acids is 1. The SMILES string of the molecule is CCN(CCC(=O)O)C(=O)C1CCCCC1CNC(=O)OCC1c2ccccc2-c2ccccc21. The first-order valence-electron chi connectivity index (χ1n) is 12.6. The fraction of sp³-hybridized carbons (Fsp3) is 0.464. The van der Waals surface area contributed by atoms with Crippen molar-refractivity contribution in [1.29, 1.82) is 0 Å². The van der Waals surface area contributed by atoms with Crippen LogP contribution in [0.1, 0.15) is 56.1 Å². The molecule has 0 spiro atoms. The second-order valence-electron chi connectivity index (χ2n) is 9.42. The number of hydrogen-bond acceptors (Lipinski definition) is 4. The third kappa shape index (κ3) is 5.66. The molecule has 7 nitrogen and oxygen atoms in total. The molecular weight excluding hydrogens is 444 g/mol. The van der Waals surface area contributed by atoms with Crippen LogP contribution in [-0.2, 0) is 14.3 Å². The Morgan fingerprint density at radius 1 is 1.00 bits per heavy atom. The standard InChI is InChI=1S/C28H34N2O5/c1-2-30(16-15-26(31)32)27(33)20-10-4-3-9-19(20)17-29-28(34)35-18-25-23-13-7-5-11-21(23)22-12-6-8-14-24(22)25/h5-8,11-14,19-20,25H,2-4,9-10,15-18H2,1H3,(H,29,34)(H,31,32). The van der Waals surface area contributed by atoms with Gasteiger partial charge in [0.15, 0.2) is 0 Å². The largest absolute Gasteiger partial charge is 0.481 e. The first-order valence-corrected chi connectivity index (χ1v) is 12.6. The number of hydrogen-bond donors (Lipinski definition) is 2. The molecule has 186 valence electrons. The molecule has 2 amide bonds. The molecule has 0 saturated heterocycles. The molecule has 0 aliphatic heterocycles. The number of carboxylic acids is 1. The molecule has 1 saturated carbocycles. The summed E-state index contributed by atoms with van der Waals surface area (Å²) in [5, 5.41) is 11.9. The molecule has 0 bridgehead atoms. The topological polar surface area (TPSA) is 95.9 Å². The van der Waals surface area contributed by atoms with Gasteiger partial charge in [0.05, 0.1) is 6.42 Å². The minimum atomic E-state index is -0.909. The Balaban J connectivity index is 1.33. The van der Waals surface area contributed by atoms with E-state index >= 15 is 0 Å². The number of carboxylic acid groups (broad SMARTS) is 1. The van der Waals surface area contributed by atoms with Crippen molar-refractivity contribution >= 4 is 18.0 Å². The van der Waals surface area contributed by atoms with E-state index in [1.807, 2.05) is 31.2 Å². The minimum absolute atomic E-state index is 0.00417. The maximum Gasteiger partial charge on any atom is 0.407 e. The molecule has 2 aliphatic carbocycles. The number of alkyl carbamates (subject to hydrolysis) is 1. The van der Waals surface area contributed by atoms with Crippen molar-refractivity contribution in [2.75, 3.05) is 26.2 Å². The molecule has 4 rings (SSSR count). The van der Waals surface area contributed by atoms with Crippen LogP contribution in [0.3, 0.4) is 0 Å². The number of amides is 2. The van der Waals surface area contributed by atoms with Crippen molar-refractivity contribution in [2.45, 2.75) is 44.9 Å². The molecule has 2 aromatic rings. The summed E-state index contributed by atoms with van der Waals surface area (Å²) in [7, 11) is 0. The number of carbonyl (C=O) groups excluding carboxylic acids is 2. The van der Waals surface area contributed by atoms with Gasteiger partial charge >= 0.3 is 12.1 Å². The third-order valence-electron chi connectivity index (χ3n) is 7.37. The first kappa shape index (κ1) is 24.8. The summed E-state index contributed by atoms with van der Waals surface area (Å²) >= 11 is 0. The lowest BCUT2D eigenvalue weighted by Gasteiger charge is -2.34. The average Bonchev–Trinajstić information content (AvgIpc) is 3.20. The molecule has 1 fully saturated rings. The van der Waals surface area contributed by atoms with Gasteiger partial charge in [-0.2, -0.15) is 0 Å².